The van der Waals surface area contributed by atoms with E-state index in [1.807, 2.05) is 54.6 Å². The summed E-state index contributed by atoms with van der Waals surface area (Å²) >= 11 is 0. The van der Waals surface area contributed by atoms with Crippen molar-refractivity contribution >= 4 is 5.97 Å². The van der Waals surface area contributed by atoms with Gasteiger partial charge in [0.05, 0.1) is 13.7 Å². The van der Waals surface area contributed by atoms with Gasteiger partial charge in [0.25, 0.3) is 0 Å². The second-order valence-electron chi connectivity index (χ2n) is 5.59. The highest BCUT2D eigenvalue weighted by atomic mass is 16.5. The quantitative estimate of drug-likeness (QED) is 0.765. The van der Waals surface area contributed by atoms with Gasteiger partial charge >= 0.3 is 5.97 Å². The summed E-state index contributed by atoms with van der Waals surface area (Å²) in [6, 6.07) is 17.4. The summed E-state index contributed by atoms with van der Waals surface area (Å²) < 4.78 is 11.5. The Balaban J connectivity index is 2.13. The number of rotatable bonds is 9. The van der Waals surface area contributed by atoms with E-state index in [1.54, 1.807) is 19.1 Å². The third kappa shape index (κ3) is 5.28. The summed E-state index contributed by atoms with van der Waals surface area (Å²) in [4.78, 5) is 12.6. The van der Waals surface area contributed by atoms with Gasteiger partial charge in [0, 0.05) is 13.0 Å². The molecule has 2 aromatic carbocycles. The van der Waals surface area contributed by atoms with E-state index in [2.05, 4.69) is 0 Å². The number of ether oxygens (including phenoxy) is 2. The van der Waals surface area contributed by atoms with Crippen molar-refractivity contribution in [3.63, 3.8) is 0 Å². The lowest BCUT2D eigenvalue weighted by Gasteiger charge is -2.23. The molecule has 0 bridgehead atoms. The molecule has 0 aliphatic rings. The molecule has 128 valence electrons. The third-order valence-corrected chi connectivity index (χ3v) is 3.69. The van der Waals surface area contributed by atoms with Crippen molar-refractivity contribution in [2.45, 2.75) is 12.5 Å². The lowest BCUT2D eigenvalue weighted by atomic mass is 10.1. The fraction of sp³-hybridized carbons (Fsp3) is 0.316. The number of hydrogen-bond acceptors (Lipinski definition) is 4. The lowest BCUT2D eigenvalue weighted by molar-refractivity contribution is -0.138. The molecule has 5 nitrogen and oxygen atoms in total. The number of carboxylic acid groups (broad SMARTS) is 1. The average molecular weight is 329 g/mol. The molecule has 0 fully saturated rings. The molecule has 0 saturated carbocycles. The Morgan fingerprint density at radius 1 is 1.08 bits per heavy atom. The third-order valence-electron chi connectivity index (χ3n) is 3.69. The molecule has 0 aromatic heterocycles. The first-order valence-corrected chi connectivity index (χ1v) is 7.85. The van der Waals surface area contributed by atoms with E-state index in [-0.39, 0.29) is 12.6 Å². The summed E-state index contributed by atoms with van der Waals surface area (Å²) in [7, 11) is 3.40. The Kier molecular flexibility index (Phi) is 6.63. The second-order valence-corrected chi connectivity index (χ2v) is 5.59. The molecular formula is C19H23NO4. The lowest BCUT2D eigenvalue weighted by Crippen LogP contribution is -2.28. The molecule has 0 heterocycles. The van der Waals surface area contributed by atoms with E-state index in [4.69, 9.17) is 14.6 Å². The number of carboxylic acids is 1. The highest BCUT2D eigenvalue weighted by Gasteiger charge is 2.17. The van der Waals surface area contributed by atoms with Crippen LogP contribution in [-0.2, 0) is 4.79 Å². The van der Waals surface area contributed by atoms with Crippen LogP contribution in [0.4, 0.5) is 0 Å². The fourth-order valence-electron chi connectivity index (χ4n) is 2.48. The zero-order chi connectivity index (χ0) is 17.4. The molecule has 0 unspecified atom stereocenters. The monoisotopic (exact) mass is 329 g/mol. The van der Waals surface area contributed by atoms with Gasteiger partial charge in [0.2, 0.25) is 0 Å². The number of para-hydroxylation sites is 2. The van der Waals surface area contributed by atoms with Crippen molar-refractivity contribution in [2.75, 3.05) is 27.2 Å². The van der Waals surface area contributed by atoms with E-state index < -0.39 is 5.97 Å². The summed E-state index contributed by atoms with van der Waals surface area (Å²) in [5.74, 6) is 0.520. The van der Waals surface area contributed by atoms with Gasteiger partial charge in [-0.15, -0.1) is 0 Å². The number of hydrogen-bond donors (Lipinski definition) is 1. The van der Waals surface area contributed by atoms with Crippen molar-refractivity contribution in [3.8, 4) is 11.5 Å². The minimum Gasteiger partial charge on any atom is -0.493 e. The first kappa shape index (κ1) is 17.8. The van der Waals surface area contributed by atoms with Crippen molar-refractivity contribution in [1.29, 1.82) is 0 Å². The van der Waals surface area contributed by atoms with E-state index in [0.717, 1.165) is 5.56 Å². The molecule has 2 aromatic rings. The Morgan fingerprint density at radius 2 is 1.71 bits per heavy atom. The number of nitrogens with zero attached hydrogens (tertiary/aromatic N) is 1. The van der Waals surface area contributed by atoms with Crippen LogP contribution in [0.5, 0.6) is 11.5 Å². The molecule has 1 N–H and O–H groups in total. The predicted octanol–water partition coefficient (Wildman–Crippen LogP) is 3.22. The Morgan fingerprint density at radius 3 is 2.33 bits per heavy atom. The standard InChI is InChI=1S/C19H23NO4/c1-20(14-19(21)22)13-12-16(15-8-4-3-5-9-15)24-18-11-7-6-10-17(18)23-2/h3-11,16H,12-14H2,1-2H3,(H,21,22)/t16-/m1/s1. The highest BCUT2D eigenvalue weighted by molar-refractivity contribution is 5.68. The molecule has 5 heteroatoms. The average Bonchev–Trinajstić information content (AvgIpc) is 2.59. The van der Waals surface area contributed by atoms with Gasteiger partial charge in [-0.05, 0) is 24.7 Å². The van der Waals surface area contributed by atoms with Crippen molar-refractivity contribution < 1.29 is 19.4 Å². The van der Waals surface area contributed by atoms with Crippen LogP contribution in [0, 0.1) is 0 Å². The largest absolute Gasteiger partial charge is 0.493 e. The second kappa shape index (κ2) is 8.93. The maximum Gasteiger partial charge on any atom is 0.317 e. The van der Waals surface area contributed by atoms with Crippen molar-refractivity contribution in [2.24, 2.45) is 0 Å². The molecule has 0 spiro atoms. The molecule has 0 radical (unpaired) electrons. The minimum atomic E-state index is -0.834. The summed E-state index contributed by atoms with van der Waals surface area (Å²) in [6.07, 6.45) is 0.491. The number of carbonyl (C=O) groups is 1. The molecule has 1 atom stereocenters. The molecule has 0 amide bonds. The van der Waals surface area contributed by atoms with Gasteiger partial charge < -0.3 is 14.6 Å². The van der Waals surface area contributed by atoms with Gasteiger partial charge in [-0.1, -0.05) is 42.5 Å². The smallest absolute Gasteiger partial charge is 0.317 e. The first-order chi connectivity index (χ1) is 11.6. The first-order valence-electron chi connectivity index (χ1n) is 7.85. The summed E-state index contributed by atoms with van der Waals surface area (Å²) in [5, 5.41) is 8.88. The maximum atomic E-state index is 10.8. The maximum absolute atomic E-state index is 10.8. The van der Waals surface area contributed by atoms with Crippen LogP contribution < -0.4 is 9.47 Å². The van der Waals surface area contributed by atoms with Crippen LogP contribution in [0.1, 0.15) is 18.1 Å². The van der Waals surface area contributed by atoms with Crippen LogP contribution >= 0.6 is 0 Å². The highest BCUT2D eigenvalue weighted by Crippen LogP contribution is 2.32. The molecule has 2 rings (SSSR count). The zero-order valence-corrected chi connectivity index (χ0v) is 14.0. The van der Waals surface area contributed by atoms with Gasteiger partial charge in [0.1, 0.15) is 6.10 Å². The topological polar surface area (TPSA) is 59.0 Å². The Labute approximate surface area is 142 Å². The Bertz CT molecular complexity index is 645. The van der Waals surface area contributed by atoms with E-state index in [0.29, 0.717) is 24.5 Å². The Hall–Kier alpha value is -2.53. The van der Waals surface area contributed by atoms with Crippen molar-refractivity contribution in [1.82, 2.24) is 4.90 Å². The predicted molar refractivity (Wildman–Crippen MR) is 92.6 cm³/mol. The molecule has 24 heavy (non-hydrogen) atoms. The van der Waals surface area contributed by atoms with E-state index in [1.165, 1.54) is 0 Å². The van der Waals surface area contributed by atoms with Crippen LogP contribution in [0.25, 0.3) is 0 Å². The molecular weight excluding hydrogens is 306 g/mol. The van der Waals surface area contributed by atoms with Crippen LogP contribution in [0.2, 0.25) is 0 Å². The van der Waals surface area contributed by atoms with Crippen LogP contribution in [0.15, 0.2) is 54.6 Å². The minimum absolute atomic E-state index is 0.0101. The molecule has 0 saturated heterocycles. The van der Waals surface area contributed by atoms with Gasteiger partial charge in [0.15, 0.2) is 11.5 Å². The van der Waals surface area contributed by atoms with Crippen LogP contribution in [0.3, 0.4) is 0 Å². The van der Waals surface area contributed by atoms with Crippen LogP contribution in [-0.4, -0.2) is 43.2 Å². The van der Waals surface area contributed by atoms with Gasteiger partial charge in [-0.3, -0.25) is 9.69 Å². The van der Waals surface area contributed by atoms with E-state index >= 15 is 0 Å². The zero-order valence-electron chi connectivity index (χ0n) is 14.0. The SMILES string of the molecule is COc1ccccc1O[C@H](CCN(C)CC(=O)O)c1ccccc1. The molecule has 0 aliphatic heterocycles. The number of likely N-dealkylation sites (N-methyl/N-ethyl adjacent to an activating group) is 1. The fourth-order valence-corrected chi connectivity index (χ4v) is 2.48. The molecule has 0 aliphatic carbocycles. The normalized spacial score (nSPS) is 12.0. The number of aliphatic carboxylic acids is 1. The number of methoxy groups -OCH3 is 1. The van der Waals surface area contributed by atoms with E-state index in [9.17, 15) is 4.79 Å². The summed E-state index contributed by atoms with van der Waals surface area (Å²) in [6.45, 7) is 0.622. The van der Waals surface area contributed by atoms with Gasteiger partial charge in [-0.25, -0.2) is 0 Å². The number of benzene rings is 2. The van der Waals surface area contributed by atoms with Crippen molar-refractivity contribution in [3.05, 3.63) is 60.2 Å². The van der Waals surface area contributed by atoms with Gasteiger partial charge in [-0.2, -0.15) is 0 Å². The summed E-state index contributed by atoms with van der Waals surface area (Å²) in [5.41, 5.74) is 1.05.